The lowest BCUT2D eigenvalue weighted by Crippen LogP contribution is -2.18. The zero-order chi connectivity index (χ0) is 17.6. The van der Waals surface area contributed by atoms with E-state index in [2.05, 4.69) is 33.6 Å². The molecule has 0 saturated carbocycles. The van der Waals surface area contributed by atoms with Crippen LogP contribution in [0.1, 0.15) is 36.1 Å². The molecule has 0 spiro atoms. The monoisotopic (exact) mass is 350 g/mol. The Morgan fingerprint density at radius 3 is 2.80 bits per heavy atom. The molecule has 5 nitrogen and oxygen atoms in total. The van der Waals surface area contributed by atoms with Crippen LogP contribution in [0.3, 0.4) is 0 Å². The summed E-state index contributed by atoms with van der Waals surface area (Å²) in [7, 11) is 0. The number of rotatable bonds is 3. The number of amides is 1. The third-order valence-electron chi connectivity index (χ3n) is 4.08. The molecule has 1 N–H and O–H groups in total. The third kappa shape index (κ3) is 2.78. The number of nitrogens with zero attached hydrogens (tertiary/aromatic N) is 3. The predicted molar refractivity (Wildman–Crippen MR) is 102 cm³/mol. The number of fused-ring (bicyclic) bond motifs is 3. The van der Waals surface area contributed by atoms with Gasteiger partial charge in [-0.05, 0) is 38.3 Å². The number of aryl methyl sites for hydroxylation is 1. The van der Waals surface area contributed by atoms with E-state index in [1.807, 2.05) is 39.0 Å². The van der Waals surface area contributed by atoms with Gasteiger partial charge in [0.2, 0.25) is 0 Å². The molecule has 1 amide bonds. The van der Waals surface area contributed by atoms with E-state index in [0.717, 1.165) is 26.7 Å². The highest BCUT2D eigenvalue weighted by molar-refractivity contribution is 7.22. The zero-order valence-electron chi connectivity index (χ0n) is 14.3. The average Bonchev–Trinajstić information content (AvgIpc) is 3.18. The first-order chi connectivity index (χ1) is 12.0. The molecule has 2 aromatic heterocycles. The second-order valence-corrected chi connectivity index (χ2v) is 7.35. The van der Waals surface area contributed by atoms with E-state index in [0.29, 0.717) is 10.8 Å². The number of anilines is 1. The molecule has 4 rings (SSSR count). The molecule has 0 aliphatic carbocycles. The standard InChI is InChI=1S/C19H18N4OS/c1-11(2)23-15(10-12(3)22-23)18(24)21-19-20-17-14-7-5-4-6-13(14)8-9-16(17)25-19/h4-11H,1-3H3,(H,20,21,24). The molecule has 0 aliphatic heterocycles. The summed E-state index contributed by atoms with van der Waals surface area (Å²) in [5, 5.41) is 10.2. The summed E-state index contributed by atoms with van der Waals surface area (Å²) in [6.07, 6.45) is 0. The van der Waals surface area contributed by atoms with Gasteiger partial charge in [0.15, 0.2) is 5.13 Å². The summed E-state index contributed by atoms with van der Waals surface area (Å²) in [5.41, 5.74) is 2.30. The first-order valence-corrected chi connectivity index (χ1v) is 9.00. The Labute approximate surface area is 149 Å². The Morgan fingerprint density at radius 1 is 1.20 bits per heavy atom. The van der Waals surface area contributed by atoms with Crippen molar-refractivity contribution >= 4 is 43.4 Å². The van der Waals surface area contributed by atoms with Crippen LogP contribution in [0, 0.1) is 6.92 Å². The van der Waals surface area contributed by atoms with Crippen molar-refractivity contribution in [2.24, 2.45) is 0 Å². The summed E-state index contributed by atoms with van der Waals surface area (Å²) >= 11 is 1.48. The van der Waals surface area contributed by atoms with Gasteiger partial charge in [0.05, 0.1) is 15.9 Å². The summed E-state index contributed by atoms with van der Waals surface area (Å²) in [6, 6.07) is 14.2. The number of thiazole rings is 1. The molecule has 2 aromatic carbocycles. The van der Waals surface area contributed by atoms with Crippen molar-refractivity contribution in [3.63, 3.8) is 0 Å². The van der Waals surface area contributed by atoms with Crippen molar-refractivity contribution in [2.45, 2.75) is 26.8 Å². The molecule has 0 radical (unpaired) electrons. The highest BCUT2D eigenvalue weighted by atomic mass is 32.1. The Bertz CT molecular complexity index is 1090. The number of carbonyl (C=O) groups excluding carboxylic acids is 1. The van der Waals surface area contributed by atoms with E-state index in [4.69, 9.17) is 0 Å². The zero-order valence-corrected chi connectivity index (χ0v) is 15.1. The molecule has 6 heteroatoms. The van der Waals surface area contributed by atoms with Gasteiger partial charge in [-0.15, -0.1) is 0 Å². The molecule has 25 heavy (non-hydrogen) atoms. The van der Waals surface area contributed by atoms with Gasteiger partial charge in [0.25, 0.3) is 5.91 Å². The van der Waals surface area contributed by atoms with Crippen LogP contribution < -0.4 is 5.32 Å². The third-order valence-corrected chi connectivity index (χ3v) is 5.02. The molecular formula is C19H18N4OS. The lowest BCUT2D eigenvalue weighted by molar-refractivity contribution is 0.101. The van der Waals surface area contributed by atoms with Crippen LogP contribution in [0.2, 0.25) is 0 Å². The number of benzene rings is 2. The first-order valence-electron chi connectivity index (χ1n) is 8.19. The van der Waals surface area contributed by atoms with Crippen molar-refractivity contribution in [1.82, 2.24) is 14.8 Å². The van der Waals surface area contributed by atoms with Gasteiger partial charge < -0.3 is 0 Å². The van der Waals surface area contributed by atoms with Gasteiger partial charge in [-0.1, -0.05) is 41.7 Å². The van der Waals surface area contributed by atoms with Crippen molar-refractivity contribution in [2.75, 3.05) is 5.32 Å². The molecule has 4 aromatic rings. The van der Waals surface area contributed by atoms with Crippen molar-refractivity contribution in [3.05, 3.63) is 53.9 Å². The fourth-order valence-electron chi connectivity index (χ4n) is 2.96. The summed E-state index contributed by atoms with van der Waals surface area (Å²) in [5.74, 6) is -0.183. The van der Waals surface area contributed by atoms with E-state index >= 15 is 0 Å². The topological polar surface area (TPSA) is 59.8 Å². The largest absolute Gasteiger partial charge is 0.296 e. The van der Waals surface area contributed by atoms with Crippen molar-refractivity contribution in [3.8, 4) is 0 Å². The quantitative estimate of drug-likeness (QED) is 0.578. The summed E-state index contributed by atoms with van der Waals surface area (Å²) in [4.78, 5) is 17.3. The number of carbonyl (C=O) groups is 1. The van der Waals surface area contributed by atoms with Gasteiger partial charge >= 0.3 is 0 Å². The highest BCUT2D eigenvalue weighted by Crippen LogP contribution is 2.31. The predicted octanol–water partition coefficient (Wildman–Crippen LogP) is 4.79. The molecule has 0 fully saturated rings. The minimum Gasteiger partial charge on any atom is -0.296 e. The second kappa shape index (κ2) is 5.97. The van der Waals surface area contributed by atoms with E-state index in [1.54, 1.807) is 10.7 Å². The molecule has 0 saturated heterocycles. The Hall–Kier alpha value is -2.73. The minimum absolute atomic E-state index is 0.119. The summed E-state index contributed by atoms with van der Waals surface area (Å²) in [6.45, 7) is 5.90. The Morgan fingerprint density at radius 2 is 2.00 bits per heavy atom. The van der Waals surface area contributed by atoms with Gasteiger partial charge in [-0.3, -0.25) is 14.8 Å². The maximum Gasteiger partial charge on any atom is 0.275 e. The molecule has 0 unspecified atom stereocenters. The van der Waals surface area contributed by atoms with Crippen molar-refractivity contribution < 1.29 is 4.79 Å². The molecule has 126 valence electrons. The van der Waals surface area contributed by atoms with Crippen LogP contribution in [0.25, 0.3) is 21.0 Å². The Balaban J connectivity index is 1.71. The van der Waals surface area contributed by atoms with Crippen molar-refractivity contribution in [1.29, 1.82) is 0 Å². The van der Waals surface area contributed by atoms with Crippen LogP contribution in [0.15, 0.2) is 42.5 Å². The fourth-order valence-corrected chi connectivity index (χ4v) is 3.83. The van der Waals surface area contributed by atoms with Crippen LogP contribution in [0.5, 0.6) is 0 Å². The van der Waals surface area contributed by atoms with Crippen LogP contribution >= 0.6 is 11.3 Å². The average molecular weight is 350 g/mol. The SMILES string of the molecule is Cc1cc(C(=O)Nc2nc3c(ccc4ccccc43)s2)n(C(C)C)n1. The number of nitrogens with one attached hydrogen (secondary N) is 1. The minimum atomic E-state index is -0.183. The van der Waals surface area contributed by atoms with E-state index < -0.39 is 0 Å². The smallest absolute Gasteiger partial charge is 0.275 e. The number of hydrogen-bond donors (Lipinski definition) is 1. The lowest BCUT2D eigenvalue weighted by Gasteiger charge is -2.09. The molecule has 2 heterocycles. The summed E-state index contributed by atoms with van der Waals surface area (Å²) < 4.78 is 2.80. The van der Waals surface area contributed by atoms with Gasteiger partial charge in [-0.25, -0.2) is 4.98 Å². The highest BCUT2D eigenvalue weighted by Gasteiger charge is 2.18. The molecule has 0 bridgehead atoms. The molecule has 0 atom stereocenters. The number of aromatic nitrogens is 3. The van der Waals surface area contributed by atoms with Crippen LogP contribution in [-0.2, 0) is 0 Å². The fraction of sp³-hybridized carbons (Fsp3) is 0.211. The van der Waals surface area contributed by atoms with Gasteiger partial charge in [0, 0.05) is 11.4 Å². The van der Waals surface area contributed by atoms with Gasteiger partial charge in [-0.2, -0.15) is 5.10 Å². The van der Waals surface area contributed by atoms with E-state index in [-0.39, 0.29) is 11.9 Å². The molecular weight excluding hydrogens is 332 g/mol. The van der Waals surface area contributed by atoms with Gasteiger partial charge in [0.1, 0.15) is 5.69 Å². The second-order valence-electron chi connectivity index (χ2n) is 6.32. The normalized spacial score (nSPS) is 11.5. The van der Waals surface area contributed by atoms with E-state index in [9.17, 15) is 4.79 Å². The van der Waals surface area contributed by atoms with Crippen LogP contribution in [0.4, 0.5) is 5.13 Å². The van der Waals surface area contributed by atoms with Crippen LogP contribution in [-0.4, -0.2) is 20.7 Å². The number of hydrogen-bond acceptors (Lipinski definition) is 4. The maximum atomic E-state index is 12.7. The Kier molecular flexibility index (Phi) is 3.77. The first kappa shape index (κ1) is 15.8. The molecule has 0 aliphatic rings. The lowest BCUT2D eigenvalue weighted by atomic mass is 10.1. The van der Waals surface area contributed by atoms with E-state index in [1.165, 1.54) is 11.3 Å². The maximum absolute atomic E-state index is 12.7.